The molecule has 0 spiro atoms. The van der Waals surface area contributed by atoms with Crippen LogP contribution in [0, 0.1) is 0 Å². The summed E-state index contributed by atoms with van der Waals surface area (Å²) in [7, 11) is 0. The van der Waals surface area contributed by atoms with Crippen molar-refractivity contribution < 1.29 is 19.0 Å². The number of benzene rings is 1. The van der Waals surface area contributed by atoms with Gasteiger partial charge in [-0.1, -0.05) is 24.3 Å². The summed E-state index contributed by atoms with van der Waals surface area (Å²) in [6.07, 6.45) is 3.34. The van der Waals surface area contributed by atoms with Gasteiger partial charge in [0.2, 0.25) is 5.13 Å². The minimum absolute atomic E-state index is 0.130. The van der Waals surface area contributed by atoms with Crippen LogP contribution < -0.4 is 14.9 Å². The molecule has 1 N–H and O–H groups in total. The second-order valence-electron chi connectivity index (χ2n) is 5.35. The SMILES string of the molecule is C=CCOc1cc(Cl)c(C=NNc2nc(CC(=O)OCC)cs2)cc1OCC. The average molecular weight is 424 g/mol. The molecule has 0 amide bonds. The second kappa shape index (κ2) is 11.3. The number of hydrogen-bond acceptors (Lipinski definition) is 8. The van der Waals surface area contributed by atoms with E-state index in [0.717, 1.165) is 0 Å². The van der Waals surface area contributed by atoms with E-state index in [1.165, 1.54) is 11.3 Å². The molecule has 2 aromatic rings. The Balaban J connectivity index is 2.05. The fourth-order valence-electron chi connectivity index (χ4n) is 2.14. The fraction of sp³-hybridized carbons (Fsp3) is 0.316. The van der Waals surface area contributed by atoms with Crippen molar-refractivity contribution in [3.8, 4) is 11.5 Å². The Kier molecular flexibility index (Phi) is 8.77. The van der Waals surface area contributed by atoms with E-state index in [1.54, 1.807) is 36.7 Å². The molecule has 0 unspecified atom stereocenters. The molecule has 0 aliphatic rings. The lowest BCUT2D eigenvalue weighted by atomic mass is 10.2. The Morgan fingerprint density at radius 2 is 2.11 bits per heavy atom. The van der Waals surface area contributed by atoms with Gasteiger partial charge in [-0.15, -0.1) is 11.3 Å². The van der Waals surface area contributed by atoms with E-state index in [0.29, 0.717) is 52.7 Å². The molecular formula is C19H22ClN3O4S. The van der Waals surface area contributed by atoms with Crippen molar-refractivity contribution in [3.05, 3.63) is 46.4 Å². The molecule has 1 aromatic heterocycles. The van der Waals surface area contributed by atoms with Crippen LogP contribution in [-0.2, 0) is 16.0 Å². The van der Waals surface area contributed by atoms with E-state index in [-0.39, 0.29) is 12.4 Å². The molecule has 0 radical (unpaired) electrons. The van der Waals surface area contributed by atoms with Crippen LogP contribution in [0.25, 0.3) is 0 Å². The lowest BCUT2D eigenvalue weighted by Crippen LogP contribution is -2.07. The van der Waals surface area contributed by atoms with Gasteiger partial charge >= 0.3 is 5.97 Å². The third-order valence-electron chi connectivity index (χ3n) is 3.27. The second-order valence-corrected chi connectivity index (χ2v) is 6.61. The molecule has 7 nitrogen and oxygen atoms in total. The molecule has 2 rings (SSSR count). The molecule has 0 saturated carbocycles. The number of esters is 1. The number of hydrazone groups is 1. The number of rotatable bonds is 11. The largest absolute Gasteiger partial charge is 0.490 e. The van der Waals surface area contributed by atoms with Gasteiger partial charge in [-0.3, -0.25) is 10.2 Å². The predicted molar refractivity (Wildman–Crippen MR) is 112 cm³/mol. The van der Waals surface area contributed by atoms with Crippen LogP contribution >= 0.6 is 22.9 Å². The maximum atomic E-state index is 11.5. The lowest BCUT2D eigenvalue weighted by Gasteiger charge is -2.12. The van der Waals surface area contributed by atoms with Crippen molar-refractivity contribution in [2.45, 2.75) is 20.3 Å². The van der Waals surface area contributed by atoms with Crippen LogP contribution in [0.1, 0.15) is 25.1 Å². The smallest absolute Gasteiger partial charge is 0.311 e. The van der Waals surface area contributed by atoms with Gasteiger partial charge in [0, 0.05) is 17.0 Å². The molecule has 0 bridgehead atoms. The van der Waals surface area contributed by atoms with Crippen LogP contribution in [0.15, 0.2) is 35.3 Å². The number of ether oxygens (including phenoxy) is 3. The standard InChI is InChI=1S/C19H22ClN3O4S/c1-4-7-27-17-10-15(20)13(8-16(17)25-5-2)11-21-23-19-22-14(12-28-19)9-18(24)26-6-3/h4,8,10-12H,1,5-7,9H2,2-3H3,(H,22,23). The molecule has 0 aliphatic carbocycles. The first-order valence-corrected chi connectivity index (χ1v) is 9.92. The normalized spacial score (nSPS) is 10.7. The third-order valence-corrected chi connectivity index (χ3v) is 4.39. The number of anilines is 1. The number of nitrogens with one attached hydrogen (secondary N) is 1. The summed E-state index contributed by atoms with van der Waals surface area (Å²) in [6.45, 7) is 8.47. The maximum absolute atomic E-state index is 11.5. The molecule has 28 heavy (non-hydrogen) atoms. The van der Waals surface area contributed by atoms with Crippen LogP contribution in [0.2, 0.25) is 5.02 Å². The lowest BCUT2D eigenvalue weighted by molar-refractivity contribution is -0.142. The number of thiazole rings is 1. The highest BCUT2D eigenvalue weighted by molar-refractivity contribution is 7.13. The molecule has 1 heterocycles. The summed E-state index contributed by atoms with van der Waals surface area (Å²) in [4.78, 5) is 15.8. The van der Waals surface area contributed by atoms with E-state index in [1.807, 2.05) is 6.92 Å². The van der Waals surface area contributed by atoms with E-state index < -0.39 is 0 Å². The zero-order valence-electron chi connectivity index (χ0n) is 15.7. The van der Waals surface area contributed by atoms with Gasteiger partial charge in [-0.05, 0) is 19.9 Å². The Labute approximate surface area is 173 Å². The van der Waals surface area contributed by atoms with Gasteiger partial charge in [-0.2, -0.15) is 5.10 Å². The zero-order valence-corrected chi connectivity index (χ0v) is 17.3. The van der Waals surface area contributed by atoms with Crippen molar-refractivity contribution in [1.82, 2.24) is 4.98 Å². The highest BCUT2D eigenvalue weighted by Crippen LogP contribution is 2.33. The third kappa shape index (κ3) is 6.54. The van der Waals surface area contributed by atoms with Crippen molar-refractivity contribution in [3.63, 3.8) is 0 Å². The Hall–Kier alpha value is -2.58. The van der Waals surface area contributed by atoms with Gasteiger partial charge in [0.05, 0.1) is 36.6 Å². The first-order valence-electron chi connectivity index (χ1n) is 8.66. The number of halogens is 1. The summed E-state index contributed by atoms with van der Waals surface area (Å²) < 4.78 is 16.1. The minimum atomic E-state index is -0.308. The van der Waals surface area contributed by atoms with Crippen molar-refractivity contribution in [2.24, 2.45) is 5.10 Å². The molecule has 0 atom stereocenters. The van der Waals surface area contributed by atoms with Crippen LogP contribution in [-0.4, -0.2) is 37.0 Å². The average Bonchev–Trinajstić information content (AvgIpc) is 3.10. The zero-order chi connectivity index (χ0) is 20.4. The summed E-state index contributed by atoms with van der Waals surface area (Å²) in [5, 5.41) is 6.96. The van der Waals surface area contributed by atoms with Crippen molar-refractivity contribution in [2.75, 3.05) is 25.2 Å². The van der Waals surface area contributed by atoms with Crippen molar-refractivity contribution in [1.29, 1.82) is 0 Å². The quantitative estimate of drug-likeness (QED) is 0.251. The van der Waals surface area contributed by atoms with Gasteiger partial charge in [0.25, 0.3) is 0 Å². The maximum Gasteiger partial charge on any atom is 0.311 e. The monoisotopic (exact) mass is 423 g/mol. The van der Waals surface area contributed by atoms with Gasteiger partial charge < -0.3 is 14.2 Å². The topological polar surface area (TPSA) is 82.0 Å². The molecule has 0 fully saturated rings. The first kappa shape index (κ1) is 21.7. The number of aromatic nitrogens is 1. The van der Waals surface area contributed by atoms with Crippen molar-refractivity contribution >= 4 is 40.3 Å². The number of carbonyl (C=O) groups excluding carboxylic acids is 1. The van der Waals surface area contributed by atoms with E-state index in [2.05, 4.69) is 22.1 Å². The Morgan fingerprint density at radius 3 is 2.82 bits per heavy atom. The number of nitrogens with zero attached hydrogens (tertiary/aromatic N) is 2. The summed E-state index contributed by atoms with van der Waals surface area (Å²) in [6, 6.07) is 3.43. The molecule has 1 aromatic carbocycles. The fourth-order valence-corrected chi connectivity index (χ4v) is 3.00. The number of hydrogen-bond donors (Lipinski definition) is 1. The van der Waals surface area contributed by atoms with Crippen LogP contribution in [0.4, 0.5) is 5.13 Å². The first-order chi connectivity index (χ1) is 13.6. The van der Waals surface area contributed by atoms with E-state index in [4.69, 9.17) is 25.8 Å². The Morgan fingerprint density at radius 1 is 1.32 bits per heavy atom. The van der Waals surface area contributed by atoms with E-state index >= 15 is 0 Å². The summed E-state index contributed by atoms with van der Waals surface area (Å²) in [5.41, 5.74) is 4.11. The minimum Gasteiger partial charge on any atom is -0.490 e. The van der Waals surface area contributed by atoms with Gasteiger partial charge in [0.15, 0.2) is 11.5 Å². The highest BCUT2D eigenvalue weighted by atomic mass is 35.5. The molecule has 0 saturated heterocycles. The molecule has 0 aliphatic heterocycles. The van der Waals surface area contributed by atoms with Gasteiger partial charge in [0.1, 0.15) is 6.61 Å². The predicted octanol–water partition coefficient (Wildman–Crippen LogP) is 4.31. The summed E-state index contributed by atoms with van der Waals surface area (Å²) >= 11 is 7.65. The van der Waals surface area contributed by atoms with E-state index in [9.17, 15) is 4.79 Å². The number of carbonyl (C=O) groups is 1. The molecule has 9 heteroatoms. The molecular weight excluding hydrogens is 402 g/mol. The summed E-state index contributed by atoms with van der Waals surface area (Å²) in [5.74, 6) is 0.804. The van der Waals surface area contributed by atoms with Crippen LogP contribution in [0.3, 0.4) is 0 Å². The highest BCUT2D eigenvalue weighted by Gasteiger charge is 2.11. The Bertz CT molecular complexity index is 839. The molecule has 150 valence electrons. The van der Waals surface area contributed by atoms with Crippen LogP contribution in [0.5, 0.6) is 11.5 Å². The van der Waals surface area contributed by atoms with Gasteiger partial charge in [-0.25, -0.2) is 4.98 Å².